The Labute approximate surface area is 179 Å². The van der Waals surface area contributed by atoms with Gasteiger partial charge in [-0.25, -0.2) is 0 Å². The fourth-order valence-corrected chi connectivity index (χ4v) is 2.87. The van der Waals surface area contributed by atoms with Crippen molar-refractivity contribution in [2.24, 2.45) is 0 Å². The standard InChI is InChI=1S/C13H22N.C7H12N2.2ClH.Ir/c1-9-10(2)12(4)13(11(9)3)7-8-14(5)6;1-6-7(2)9(4)5-8(6)3;;;/h7-8H2,1-6H3;1-4H3;2*1H;/q;;;;+3/p-2. The maximum atomic E-state index is 4.89. The Morgan fingerprint density at radius 1 is 0.808 bits per heavy atom. The van der Waals surface area contributed by atoms with Crippen LogP contribution in [-0.4, -0.2) is 49.4 Å². The first-order chi connectivity index (χ1) is 12.0. The molecule has 0 spiro atoms. The van der Waals surface area contributed by atoms with Crippen LogP contribution < -0.4 is 0 Å². The Balaban J connectivity index is 0.000000446. The summed E-state index contributed by atoms with van der Waals surface area (Å²) in [5, 5.41) is 0. The van der Waals surface area contributed by atoms with Crippen LogP contribution in [-0.2, 0) is 15.7 Å². The molecule has 6 heteroatoms. The molecule has 2 aliphatic rings. The van der Waals surface area contributed by atoms with Gasteiger partial charge in [0, 0.05) is 25.5 Å². The average molecular weight is 580 g/mol. The topological polar surface area (TPSA) is 9.72 Å². The molecule has 0 aromatic carbocycles. The van der Waals surface area contributed by atoms with Gasteiger partial charge in [0.1, 0.15) is 0 Å². The second-order valence-corrected chi connectivity index (χ2v) is 10.4. The van der Waals surface area contributed by atoms with Crippen LogP contribution >= 0.6 is 19.2 Å². The van der Waals surface area contributed by atoms with Crippen LogP contribution in [0.3, 0.4) is 0 Å². The Kier molecular flexibility index (Phi) is 13.1. The van der Waals surface area contributed by atoms with Crippen molar-refractivity contribution in [1.82, 2.24) is 14.7 Å². The Hall–Kier alpha value is 0.529. The van der Waals surface area contributed by atoms with Gasteiger partial charge in [0.05, 0.1) is 0 Å². The molecule has 0 saturated heterocycles. The molecule has 1 aliphatic heterocycles. The second-order valence-electron chi connectivity index (χ2n) is 6.97. The fourth-order valence-electron chi connectivity index (χ4n) is 2.87. The van der Waals surface area contributed by atoms with E-state index in [4.69, 9.17) is 19.2 Å². The predicted octanol–water partition coefficient (Wildman–Crippen LogP) is 5.39. The molecule has 0 aromatic heterocycles. The molecule has 1 fully saturated rings. The van der Waals surface area contributed by atoms with E-state index in [1.165, 1.54) is 41.5 Å². The third-order valence-electron chi connectivity index (χ3n) is 5.23. The zero-order valence-electron chi connectivity index (χ0n) is 17.8. The van der Waals surface area contributed by atoms with Crippen molar-refractivity contribution in [2.75, 3.05) is 34.7 Å². The summed E-state index contributed by atoms with van der Waals surface area (Å²) in [6.45, 7) is 17.4. The van der Waals surface area contributed by atoms with Gasteiger partial charge in [0.25, 0.3) is 0 Å². The van der Waals surface area contributed by atoms with Crippen molar-refractivity contribution in [3.63, 3.8) is 0 Å². The molecule has 0 bridgehead atoms. The molecule has 2 rings (SSSR count). The van der Waals surface area contributed by atoms with Gasteiger partial charge in [-0.1, -0.05) is 27.7 Å². The SMILES string of the molecule is CC1=C(C)N(C)[C]N1C.C[C]1[C](C)[C](C)[C](CCN(C)C)[C]1C.[Cl][Ir+][Cl]. The molecule has 1 aliphatic carbocycles. The number of hydrogen-bond acceptors (Lipinski definition) is 3. The summed E-state index contributed by atoms with van der Waals surface area (Å²) in [6, 6.07) is 0. The quantitative estimate of drug-likeness (QED) is 0.444. The van der Waals surface area contributed by atoms with Gasteiger partial charge in [-0.05, 0) is 70.5 Å². The molecular formula is C20H34Cl2IrN3+. The third kappa shape index (κ3) is 7.87. The molecule has 0 atom stereocenters. The zero-order valence-corrected chi connectivity index (χ0v) is 21.8. The second kappa shape index (κ2) is 12.9. The molecule has 3 nitrogen and oxygen atoms in total. The monoisotopic (exact) mass is 579 g/mol. The zero-order chi connectivity index (χ0) is 20.6. The van der Waals surface area contributed by atoms with Gasteiger partial charge in [-0.2, -0.15) is 0 Å². The molecule has 1 heterocycles. The van der Waals surface area contributed by atoms with Crippen LogP contribution in [0, 0.1) is 36.3 Å². The molecule has 151 valence electrons. The summed E-state index contributed by atoms with van der Waals surface area (Å²) < 4.78 is 0. The average Bonchev–Trinajstić information content (AvgIpc) is 2.90. The van der Waals surface area contributed by atoms with E-state index in [9.17, 15) is 0 Å². The van der Waals surface area contributed by atoms with Crippen LogP contribution in [0.4, 0.5) is 0 Å². The van der Waals surface area contributed by atoms with Crippen molar-refractivity contribution in [1.29, 1.82) is 0 Å². The van der Waals surface area contributed by atoms with Crippen LogP contribution in [0.5, 0.6) is 0 Å². The van der Waals surface area contributed by atoms with Gasteiger partial charge in [0.15, 0.2) is 0 Å². The van der Waals surface area contributed by atoms with E-state index in [-0.39, 0.29) is 0 Å². The van der Waals surface area contributed by atoms with E-state index < -0.39 is 15.7 Å². The third-order valence-corrected chi connectivity index (χ3v) is 5.23. The summed E-state index contributed by atoms with van der Waals surface area (Å²) in [7, 11) is 18.0. The van der Waals surface area contributed by atoms with Crippen LogP contribution in [0.25, 0.3) is 0 Å². The van der Waals surface area contributed by atoms with Crippen LogP contribution in [0.15, 0.2) is 11.4 Å². The van der Waals surface area contributed by atoms with Gasteiger partial charge in [0.2, 0.25) is 6.67 Å². The fraction of sp³-hybridized carbons (Fsp3) is 0.600. The van der Waals surface area contributed by atoms with Crippen molar-refractivity contribution in [3.05, 3.63) is 47.7 Å². The summed E-state index contributed by atoms with van der Waals surface area (Å²) in [4.78, 5) is 6.24. The first-order valence-electron chi connectivity index (χ1n) is 8.61. The molecule has 1 saturated carbocycles. The minimum absolute atomic E-state index is 0.556. The first-order valence-corrected chi connectivity index (χ1v) is 14.5. The van der Waals surface area contributed by atoms with Gasteiger partial charge >= 0.3 is 34.8 Å². The van der Waals surface area contributed by atoms with Crippen molar-refractivity contribution in [3.8, 4) is 0 Å². The van der Waals surface area contributed by atoms with E-state index in [0.29, 0.717) is 0 Å². The molecule has 0 N–H and O–H groups in total. The van der Waals surface area contributed by atoms with Gasteiger partial charge < -0.3 is 14.7 Å². The minimum atomic E-state index is -0.556. The van der Waals surface area contributed by atoms with E-state index in [0.717, 1.165) is 6.54 Å². The van der Waals surface area contributed by atoms with E-state index in [1.54, 1.807) is 5.92 Å². The summed E-state index contributed by atoms with van der Waals surface area (Å²) in [6.07, 6.45) is 1.18. The van der Waals surface area contributed by atoms with Crippen LogP contribution in [0.2, 0.25) is 0 Å². The summed E-state index contributed by atoms with van der Waals surface area (Å²) in [5.74, 6) is 7.53. The number of nitrogens with zero attached hydrogens (tertiary/aromatic N) is 3. The normalized spacial score (nSPS) is 20.8. The summed E-state index contributed by atoms with van der Waals surface area (Å²) >= 11 is -0.556. The Bertz CT molecular complexity index is 401. The number of allylic oxidation sites excluding steroid dienone is 2. The molecular weight excluding hydrogens is 545 g/mol. The predicted molar refractivity (Wildman–Crippen MR) is 111 cm³/mol. The first kappa shape index (κ1) is 26.5. The molecule has 0 unspecified atom stereocenters. The van der Waals surface area contributed by atoms with Crippen molar-refractivity contribution < 1.29 is 15.7 Å². The number of halogens is 2. The summed E-state index contributed by atoms with van der Waals surface area (Å²) in [5.41, 5.74) is 2.55. The molecule has 0 aromatic rings. The molecule has 0 amide bonds. The van der Waals surface area contributed by atoms with Crippen molar-refractivity contribution in [2.45, 2.75) is 48.0 Å². The van der Waals surface area contributed by atoms with E-state index in [1.807, 2.05) is 23.9 Å². The molecule has 26 heavy (non-hydrogen) atoms. The maximum absolute atomic E-state index is 4.89. The van der Waals surface area contributed by atoms with Gasteiger partial charge in [-0.3, -0.25) is 0 Å². The Morgan fingerprint density at radius 2 is 1.15 bits per heavy atom. The number of rotatable bonds is 3. The molecule has 7 radical (unpaired) electrons. The van der Waals surface area contributed by atoms with E-state index in [2.05, 4.69) is 67.2 Å². The van der Waals surface area contributed by atoms with Gasteiger partial charge in [-0.15, -0.1) is 0 Å². The Morgan fingerprint density at radius 3 is 1.38 bits per heavy atom. The number of hydrogen-bond donors (Lipinski definition) is 0. The van der Waals surface area contributed by atoms with Crippen molar-refractivity contribution >= 4 is 19.2 Å². The van der Waals surface area contributed by atoms with E-state index >= 15 is 0 Å². The van der Waals surface area contributed by atoms with Crippen LogP contribution in [0.1, 0.15) is 48.0 Å².